The highest BCUT2D eigenvalue weighted by Crippen LogP contribution is 2.17. The summed E-state index contributed by atoms with van der Waals surface area (Å²) in [7, 11) is 0. The molecule has 0 aliphatic heterocycles. The minimum atomic E-state index is -0.932. The van der Waals surface area contributed by atoms with Crippen molar-refractivity contribution in [3.8, 4) is 0 Å². The molecule has 0 bridgehead atoms. The average molecular weight is 465 g/mol. The van der Waals surface area contributed by atoms with Crippen molar-refractivity contribution in [1.29, 1.82) is 0 Å². The molecule has 1 atom stereocenters. The molecular weight excluding hydrogens is 443 g/mol. The van der Waals surface area contributed by atoms with Crippen LogP contribution in [0.25, 0.3) is 0 Å². The number of halogens is 2. The largest absolute Gasteiger partial charge is 0.454 e. The average Bonchev–Trinajstić information content (AvgIpc) is 2.67. The summed E-state index contributed by atoms with van der Waals surface area (Å²) in [5.74, 6) is -2.52. The van der Waals surface area contributed by atoms with Gasteiger partial charge >= 0.3 is 5.97 Å². The van der Waals surface area contributed by atoms with Gasteiger partial charge in [-0.3, -0.25) is 9.59 Å². The normalized spacial score (nSPS) is 11.7. The molecule has 0 saturated heterocycles. The van der Waals surface area contributed by atoms with Crippen LogP contribution in [0.15, 0.2) is 46.9 Å². The topological polar surface area (TPSA) is 84.5 Å². The maximum atomic E-state index is 13.3. The third-order valence-corrected chi connectivity index (χ3v) is 4.84. The predicted molar refractivity (Wildman–Crippen MR) is 111 cm³/mol. The second-order valence-corrected chi connectivity index (χ2v) is 7.64. The van der Waals surface area contributed by atoms with Crippen LogP contribution >= 0.6 is 15.9 Å². The van der Waals surface area contributed by atoms with Crippen LogP contribution in [0.2, 0.25) is 0 Å². The molecular formula is C21H22BrFN2O4. The molecule has 0 saturated carbocycles. The van der Waals surface area contributed by atoms with Gasteiger partial charge < -0.3 is 15.4 Å². The lowest BCUT2D eigenvalue weighted by atomic mass is 10.0. The highest BCUT2D eigenvalue weighted by atomic mass is 79.9. The molecule has 0 aliphatic carbocycles. The van der Waals surface area contributed by atoms with Gasteiger partial charge in [-0.25, -0.2) is 9.18 Å². The van der Waals surface area contributed by atoms with Crippen LogP contribution in [-0.4, -0.2) is 30.4 Å². The molecule has 0 spiro atoms. The number of carbonyl (C=O) groups excluding carboxylic acids is 3. The van der Waals surface area contributed by atoms with Crippen molar-refractivity contribution >= 4 is 39.4 Å². The fraction of sp³-hybridized carbons (Fsp3) is 0.286. The first kappa shape index (κ1) is 22.5. The Morgan fingerprint density at radius 2 is 1.83 bits per heavy atom. The molecule has 29 heavy (non-hydrogen) atoms. The van der Waals surface area contributed by atoms with E-state index in [1.54, 1.807) is 45.0 Å². The lowest BCUT2D eigenvalue weighted by Crippen LogP contribution is -2.46. The number of aryl methyl sites for hydroxylation is 1. The fourth-order valence-electron chi connectivity index (χ4n) is 2.50. The summed E-state index contributed by atoms with van der Waals surface area (Å²) in [6, 6.07) is 9.89. The van der Waals surface area contributed by atoms with E-state index in [2.05, 4.69) is 26.6 Å². The van der Waals surface area contributed by atoms with Crippen LogP contribution in [0.3, 0.4) is 0 Å². The summed E-state index contributed by atoms with van der Waals surface area (Å²) in [4.78, 5) is 37.0. The van der Waals surface area contributed by atoms with E-state index < -0.39 is 36.2 Å². The van der Waals surface area contributed by atoms with E-state index in [9.17, 15) is 18.8 Å². The molecule has 0 heterocycles. The quantitative estimate of drug-likeness (QED) is 0.609. The third-order valence-electron chi connectivity index (χ3n) is 4.14. The van der Waals surface area contributed by atoms with Gasteiger partial charge in [-0.2, -0.15) is 0 Å². The SMILES string of the molecule is Cc1ccc(F)cc1NC(=O)COC(=O)[C@H](NC(=O)c1ccccc1Br)C(C)C. The first-order chi connectivity index (χ1) is 13.7. The molecule has 2 amide bonds. The number of benzene rings is 2. The van der Waals surface area contributed by atoms with Gasteiger partial charge in [0.1, 0.15) is 11.9 Å². The monoisotopic (exact) mass is 464 g/mol. The molecule has 2 rings (SSSR count). The van der Waals surface area contributed by atoms with E-state index in [-0.39, 0.29) is 5.92 Å². The first-order valence-electron chi connectivity index (χ1n) is 8.97. The van der Waals surface area contributed by atoms with Gasteiger partial charge in [0.15, 0.2) is 6.61 Å². The Balaban J connectivity index is 1.97. The number of esters is 1. The molecule has 154 valence electrons. The Labute approximate surface area is 177 Å². The zero-order valence-corrected chi connectivity index (χ0v) is 17.9. The van der Waals surface area contributed by atoms with Gasteiger partial charge in [0.25, 0.3) is 11.8 Å². The van der Waals surface area contributed by atoms with Crippen molar-refractivity contribution in [2.45, 2.75) is 26.8 Å². The number of hydrogen-bond acceptors (Lipinski definition) is 4. The zero-order valence-electron chi connectivity index (χ0n) is 16.3. The van der Waals surface area contributed by atoms with Gasteiger partial charge in [-0.15, -0.1) is 0 Å². The number of ether oxygens (including phenoxy) is 1. The Morgan fingerprint density at radius 1 is 1.14 bits per heavy atom. The van der Waals surface area contributed by atoms with Crippen molar-refractivity contribution in [1.82, 2.24) is 5.32 Å². The Hall–Kier alpha value is -2.74. The Bertz CT molecular complexity index is 917. The highest BCUT2D eigenvalue weighted by molar-refractivity contribution is 9.10. The molecule has 0 unspecified atom stereocenters. The highest BCUT2D eigenvalue weighted by Gasteiger charge is 2.27. The fourth-order valence-corrected chi connectivity index (χ4v) is 2.97. The van der Waals surface area contributed by atoms with E-state index in [4.69, 9.17) is 4.74 Å². The van der Waals surface area contributed by atoms with E-state index in [0.29, 0.717) is 21.3 Å². The molecule has 0 fully saturated rings. The minimum Gasteiger partial charge on any atom is -0.454 e. The number of hydrogen-bond donors (Lipinski definition) is 2. The number of rotatable bonds is 7. The van der Waals surface area contributed by atoms with Crippen molar-refractivity contribution in [3.05, 3.63) is 63.9 Å². The summed E-state index contributed by atoms with van der Waals surface area (Å²) < 4.78 is 19.0. The lowest BCUT2D eigenvalue weighted by Gasteiger charge is -2.21. The van der Waals surface area contributed by atoms with Crippen LogP contribution in [0.5, 0.6) is 0 Å². The summed E-state index contributed by atoms with van der Waals surface area (Å²) in [6.45, 7) is 4.67. The van der Waals surface area contributed by atoms with Gasteiger partial charge in [-0.1, -0.05) is 32.0 Å². The number of anilines is 1. The second-order valence-electron chi connectivity index (χ2n) is 6.79. The predicted octanol–water partition coefficient (Wildman–Crippen LogP) is 3.83. The van der Waals surface area contributed by atoms with Crippen molar-refractivity contribution in [3.63, 3.8) is 0 Å². The van der Waals surface area contributed by atoms with Gasteiger partial charge in [0, 0.05) is 10.2 Å². The molecule has 2 aromatic rings. The summed E-state index contributed by atoms with van der Waals surface area (Å²) in [5.41, 5.74) is 1.35. The summed E-state index contributed by atoms with van der Waals surface area (Å²) >= 11 is 3.30. The second kappa shape index (κ2) is 10.2. The van der Waals surface area contributed by atoms with E-state index >= 15 is 0 Å². The zero-order chi connectivity index (χ0) is 21.6. The summed E-state index contributed by atoms with van der Waals surface area (Å²) in [6.07, 6.45) is 0. The van der Waals surface area contributed by atoms with Crippen molar-refractivity contribution in [2.24, 2.45) is 5.92 Å². The Morgan fingerprint density at radius 3 is 2.48 bits per heavy atom. The van der Waals surface area contributed by atoms with Crippen LogP contribution in [0.4, 0.5) is 10.1 Å². The first-order valence-corrected chi connectivity index (χ1v) is 9.76. The van der Waals surface area contributed by atoms with Crippen LogP contribution in [0.1, 0.15) is 29.8 Å². The molecule has 2 N–H and O–H groups in total. The maximum absolute atomic E-state index is 13.3. The molecule has 2 aromatic carbocycles. The summed E-state index contributed by atoms with van der Waals surface area (Å²) in [5, 5.41) is 5.14. The molecule has 0 aliphatic rings. The smallest absolute Gasteiger partial charge is 0.329 e. The van der Waals surface area contributed by atoms with Crippen LogP contribution < -0.4 is 10.6 Å². The van der Waals surface area contributed by atoms with Gasteiger partial charge in [-0.05, 0) is 58.6 Å². The molecule has 6 nitrogen and oxygen atoms in total. The van der Waals surface area contributed by atoms with Gasteiger partial charge in [0.2, 0.25) is 0 Å². The van der Waals surface area contributed by atoms with Crippen LogP contribution in [0, 0.1) is 18.7 Å². The lowest BCUT2D eigenvalue weighted by molar-refractivity contribution is -0.150. The molecule has 0 aromatic heterocycles. The molecule has 0 radical (unpaired) electrons. The van der Waals surface area contributed by atoms with Crippen LogP contribution in [-0.2, 0) is 14.3 Å². The number of nitrogens with one attached hydrogen (secondary N) is 2. The molecule has 8 heteroatoms. The number of carbonyl (C=O) groups is 3. The van der Waals surface area contributed by atoms with Crippen molar-refractivity contribution in [2.75, 3.05) is 11.9 Å². The van der Waals surface area contributed by atoms with Gasteiger partial charge in [0.05, 0.1) is 5.56 Å². The maximum Gasteiger partial charge on any atom is 0.329 e. The standard InChI is InChI=1S/C21H22BrFN2O4/c1-12(2)19(25-20(27)15-6-4-5-7-16(15)22)21(28)29-11-18(26)24-17-10-14(23)9-8-13(17)3/h4-10,12,19H,11H2,1-3H3,(H,24,26)(H,25,27)/t19-/m1/s1. The minimum absolute atomic E-state index is 0.262. The third kappa shape index (κ3) is 6.39. The Kier molecular flexibility index (Phi) is 7.90. The van der Waals surface area contributed by atoms with Crippen molar-refractivity contribution < 1.29 is 23.5 Å². The van der Waals surface area contributed by atoms with E-state index in [0.717, 1.165) is 0 Å². The van der Waals surface area contributed by atoms with E-state index in [1.165, 1.54) is 18.2 Å². The van der Waals surface area contributed by atoms with E-state index in [1.807, 2.05) is 0 Å². The number of amides is 2.